The average molecular weight is 411 g/mol. The molecule has 1 aromatic carbocycles. The Balaban J connectivity index is 1.35. The van der Waals surface area contributed by atoms with E-state index in [0.29, 0.717) is 17.5 Å². The van der Waals surface area contributed by atoms with Crippen molar-refractivity contribution < 1.29 is 9.53 Å². The highest BCUT2D eigenvalue weighted by Crippen LogP contribution is 2.32. The first kappa shape index (κ1) is 19.9. The second kappa shape index (κ2) is 8.93. The number of piperidine rings is 2. The molecule has 4 rings (SSSR count). The molecule has 3 heterocycles. The normalized spacial score (nSPS) is 18.4. The molecule has 1 aromatic heterocycles. The summed E-state index contributed by atoms with van der Waals surface area (Å²) in [5.41, 5.74) is 1.53. The number of rotatable bonds is 3. The number of hydrogen-bond donors (Lipinski definition) is 0. The van der Waals surface area contributed by atoms with Crippen molar-refractivity contribution in [2.24, 2.45) is 0 Å². The van der Waals surface area contributed by atoms with E-state index in [0.717, 1.165) is 41.4 Å². The largest absolute Gasteiger partial charge is 0.416 e. The molecule has 0 saturated carbocycles. The van der Waals surface area contributed by atoms with Gasteiger partial charge in [-0.05, 0) is 57.8 Å². The summed E-state index contributed by atoms with van der Waals surface area (Å²) in [5, 5.41) is 9.72. The van der Waals surface area contributed by atoms with Crippen LogP contribution in [0.15, 0.2) is 24.3 Å². The third-order valence-electron chi connectivity index (χ3n) is 5.83. The van der Waals surface area contributed by atoms with Gasteiger partial charge in [0.1, 0.15) is 5.01 Å². The van der Waals surface area contributed by atoms with Crippen LogP contribution in [0.25, 0.3) is 10.6 Å². The number of amides is 1. The molecule has 0 bridgehead atoms. The number of likely N-dealkylation sites (tertiary alicyclic amines) is 2. The van der Waals surface area contributed by atoms with Crippen LogP contribution < -0.4 is 4.74 Å². The van der Waals surface area contributed by atoms with Crippen molar-refractivity contribution in [2.75, 3.05) is 26.2 Å². The number of hydrogen-bond acceptors (Lipinski definition) is 6. The minimum absolute atomic E-state index is 0.304. The van der Waals surface area contributed by atoms with E-state index in [4.69, 9.17) is 10.00 Å². The molecule has 7 heteroatoms. The Labute approximate surface area is 175 Å². The van der Waals surface area contributed by atoms with Gasteiger partial charge in [0.15, 0.2) is 0 Å². The topological polar surface area (TPSA) is 69.5 Å². The van der Waals surface area contributed by atoms with E-state index < -0.39 is 0 Å². The maximum atomic E-state index is 12.7. The zero-order valence-electron chi connectivity index (χ0n) is 16.8. The number of carbonyl (C=O) groups excluding carboxylic acids is 1. The molecular weight excluding hydrogens is 384 g/mol. The lowest BCUT2D eigenvalue weighted by Crippen LogP contribution is -2.48. The quantitative estimate of drug-likeness (QED) is 0.748. The Morgan fingerprint density at radius 3 is 2.48 bits per heavy atom. The van der Waals surface area contributed by atoms with E-state index in [9.17, 15) is 4.79 Å². The molecule has 2 aromatic rings. The zero-order chi connectivity index (χ0) is 20.2. The molecule has 0 radical (unpaired) electrons. The summed E-state index contributed by atoms with van der Waals surface area (Å²) in [6, 6.07) is 9.99. The second-order valence-electron chi connectivity index (χ2n) is 7.75. The lowest BCUT2D eigenvalue weighted by molar-refractivity contribution is 0.0873. The number of aryl methyl sites for hydroxylation is 1. The molecule has 0 aliphatic carbocycles. The number of thiazole rings is 1. The summed E-state index contributed by atoms with van der Waals surface area (Å²) < 4.78 is 5.63. The van der Waals surface area contributed by atoms with Crippen molar-refractivity contribution in [3.63, 3.8) is 0 Å². The Hall–Kier alpha value is -2.43. The van der Waals surface area contributed by atoms with E-state index >= 15 is 0 Å². The number of ether oxygens (including phenoxy) is 1. The Bertz CT molecular complexity index is 889. The van der Waals surface area contributed by atoms with Crippen LogP contribution in [0.3, 0.4) is 0 Å². The highest BCUT2D eigenvalue weighted by atomic mass is 32.1. The number of aromatic nitrogens is 1. The molecule has 152 valence electrons. The van der Waals surface area contributed by atoms with Gasteiger partial charge in [-0.15, -0.1) is 11.3 Å². The van der Waals surface area contributed by atoms with Gasteiger partial charge < -0.3 is 14.5 Å². The predicted octanol–water partition coefficient (Wildman–Crippen LogP) is 4.44. The number of nitrogens with zero attached hydrogens (tertiary/aromatic N) is 4. The Kier molecular flexibility index (Phi) is 6.12. The summed E-state index contributed by atoms with van der Waals surface area (Å²) in [7, 11) is 0. The molecule has 1 amide bonds. The van der Waals surface area contributed by atoms with Gasteiger partial charge in [0.25, 0.3) is 0 Å². The summed E-state index contributed by atoms with van der Waals surface area (Å²) in [6.45, 7) is 5.80. The van der Waals surface area contributed by atoms with Crippen LogP contribution in [-0.2, 0) is 0 Å². The van der Waals surface area contributed by atoms with Crippen LogP contribution in [0.1, 0.15) is 42.5 Å². The van der Waals surface area contributed by atoms with Crippen LogP contribution in [-0.4, -0.2) is 53.1 Å². The van der Waals surface area contributed by atoms with Crippen molar-refractivity contribution in [1.82, 2.24) is 14.8 Å². The fourth-order valence-corrected chi connectivity index (χ4v) is 4.98. The average Bonchev–Trinajstić information content (AvgIpc) is 3.14. The highest BCUT2D eigenvalue weighted by Gasteiger charge is 2.29. The summed E-state index contributed by atoms with van der Waals surface area (Å²) in [4.78, 5) is 22.4. The Morgan fingerprint density at radius 2 is 1.83 bits per heavy atom. The van der Waals surface area contributed by atoms with Crippen LogP contribution in [0.4, 0.5) is 4.79 Å². The van der Waals surface area contributed by atoms with Gasteiger partial charge >= 0.3 is 6.09 Å². The summed E-state index contributed by atoms with van der Waals surface area (Å²) in [5.74, 6) is 0.387. The molecule has 0 spiro atoms. The van der Waals surface area contributed by atoms with Gasteiger partial charge in [0, 0.05) is 24.7 Å². The van der Waals surface area contributed by atoms with Crippen molar-refractivity contribution in [3.05, 3.63) is 34.7 Å². The van der Waals surface area contributed by atoms with Crippen LogP contribution >= 0.6 is 11.3 Å². The SMILES string of the molecule is Cc1sc(-c2ccc(C#N)cc2)nc1OC(=O)N1CCC(N2CCCCC2)CC1. The summed E-state index contributed by atoms with van der Waals surface area (Å²) in [6.07, 6.45) is 5.67. The lowest BCUT2D eigenvalue weighted by atomic mass is 10.0. The third kappa shape index (κ3) is 4.60. The lowest BCUT2D eigenvalue weighted by Gasteiger charge is -2.39. The molecule has 2 aliphatic rings. The first-order valence-electron chi connectivity index (χ1n) is 10.3. The minimum Gasteiger partial charge on any atom is -0.390 e. The van der Waals surface area contributed by atoms with Crippen molar-refractivity contribution in [3.8, 4) is 22.5 Å². The van der Waals surface area contributed by atoms with E-state index in [2.05, 4.69) is 16.0 Å². The van der Waals surface area contributed by atoms with E-state index in [1.807, 2.05) is 19.1 Å². The zero-order valence-corrected chi connectivity index (χ0v) is 17.6. The fraction of sp³-hybridized carbons (Fsp3) is 0.500. The molecule has 0 atom stereocenters. The molecule has 29 heavy (non-hydrogen) atoms. The van der Waals surface area contributed by atoms with Crippen molar-refractivity contribution >= 4 is 17.4 Å². The molecule has 2 saturated heterocycles. The number of nitriles is 1. The standard InChI is InChI=1S/C22H26N4O2S/c1-16-20(24-21(29-16)18-7-5-17(15-23)6-8-18)28-22(27)26-13-9-19(10-14-26)25-11-3-2-4-12-25/h5-8,19H,2-4,9-14H2,1H3. The minimum atomic E-state index is -0.304. The van der Waals surface area contributed by atoms with Gasteiger partial charge in [0.05, 0.1) is 16.5 Å². The Morgan fingerprint density at radius 1 is 1.14 bits per heavy atom. The van der Waals surface area contributed by atoms with Gasteiger partial charge in [-0.3, -0.25) is 0 Å². The summed E-state index contributed by atoms with van der Waals surface area (Å²) >= 11 is 1.49. The van der Waals surface area contributed by atoms with E-state index in [1.165, 1.54) is 43.7 Å². The molecule has 0 unspecified atom stereocenters. The van der Waals surface area contributed by atoms with Crippen molar-refractivity contribution in [1.29, 1.82) is 5.26 Å². The van der Waals surface area contributed by atoms with Gasteiger partial charge in [-0.25, -0.2) is 9.78 Å². The van der Waals surface area contributed by atoms with Crippen molar-refractivity contribution in [2.45, 2.75) is 45.1 Å². The molecule has 6 nitrogen and oxygen atoms in total. The molecule has 2 aliphatic heterocycles. The second-order valence-corrected chi connectivity index (χ2v) is 8.96. The fourth-order valence-electron chi connectivity index (χ4n) is 4.13. The highest BCUT2D eigenvalue weighted by molar-refractivity contribution is 7.15. The monoisotopic (exact) mass is 410 g/mol. The molecular formula is C22H26N4O2S. The predicted molar refractivity (Wildman–Crippen MR) is 113 cm³/mol. The number of benzene rings is 1. The smallest absolute Gasteiger partial charge is 0.390 e. The van der Waals surface area contributed by atoms with Gasteiger partial charge in [-0.1, -0.05) is 18.6 Å². The van der Waals surface area contributed by atoms with Gasteiger partial charge in [0.2, 0.25) is 5.88 Å². The van der Waals surface area contributed by atoms with Gasteiger partial charge in [-0.2, -0.15) is 5.26 Å². The maximum absolute atomic E-state index is 12.7. The first-order valence-corrected chi connectivity index (χ1v) is 11.1. The number of carbonyl (C=O) groups is 1. The van der Waals surface area contributed by atoms with Crippen LogP contribution in [0.2, 0.25) is 0 Å². The van der Waals surface area contributed by atoms with Crippen LogP contribution in [0, 0.1) is 18.3 Å². The van der Waals surface area contributed by atoms with E-state index in [1.54, 1.807) is 17.0 Å². The molecule has 2 fully saturated rings. The molecule has 0 N–H and O–H groups in total. The van der Waals surface area contributed by atoms with Crippen LogP contribution in [0.5, 0.6) is 5.88 Å². The third-order valence-corrected chi connectivity index (χ3v) is 6.83. The van der Waals surface area contributed by atoms with E-state index in [-0.39, 0.29) is 6.09 Å². The maximum Gasteiger partial charge on any atom is 0.416 e. The first-order chi connectivity index (χ1) is 14.1.